The fraction of sp³-hybridized carbons (Fsp3) is 0.900. The zero-order valence-electron chi connectivity index (χ0n) is 9.96. The van der Waals surface area contributed by atoms with E-state index in [0.29, 0.717) is 13.1 Å². The molecule has 7 heteroatoms. The predicted molar refractivity (Wildman–Crippen MR) is 55.8 cm³/mol. The van der Waals surface area contributed by atoms with Crippen LogP contribution in [-0.2, 0) is 9.53 Å². The van der Waals surface area contributed by atoms with Crippen molar-refractivity contribution in [3.63, 3.8) is 0 Å². The number of carbonyl (C=O) groups is 1. The first-order chi connectivity index (χ1) is 7.76. The van der Waals surface area contributed by atoms with Crippen molar-refractivity contribution < 1.29 is 27.8 Å². The SMILES string of the molecule is CCN(CCOCC(F)(F)F)C(C)CC(=O)O. The predicted octanol–water partition coefficient (Wildman–Crippen LogP) is 1.75. The van der Waals surface area contributed by atoms with Gasteiger partial charge in [-0.25, -0.2) is 0 Å². The molecular weight excluding hydrogens is 239 g/mol. The van der Waals surface area contributed by atoms with Crippen molar-refractivity contribution in [2.75, 3.05) is 26.3 Å². The normalized spacial score (nSPS) is 14.0. The van der Waals surface area contributed by atoms with E-state index in [1.54, 1.807) is 11.8 Å². The van der Waals surface area contributed by atoms with Gasteiger partial charge < -0.3 is 9.84 Å². The zero-order valence-corrected chi connectivity index (χ0v) is 9.96. The van der Waals surface area contributed by atoms with Crippen molar-refractivity contribution in [3.8, 4) is 0 Å². The van der Waals surface area contributed by atoms with Crippen molar-refractivity contribution in [2.24, 2.45) is 0 Å². The summed E-state index contributed by atoms with van der Waals surface area (Å²) in [5.41, 5.74) is 0. The van der Waals surface area contributed by atoms with Crippen LogP contribution < -0.4 is 0 Å². The summed E-state index contributed by atoms with van der Waals surface area (Å²) in [6, 6.07) is -0.216. The Hall–Kier alpha value is -0.820. The van der Waals surface area contributed by atoms with E-state index in [0.717, 1.165) is 0 Å². The van der Waals surface area contributed by atoms with Crippen LogP contribution in [0.1, 0.15) is 20.3 Å². The lowest BCUT2D eigenvalue weighted by molar-refractivity contribution is -0.174. The van der Waals surface area contributed by atoms with Gasteiger partial charge in [-0.15, -0.1) is 0 Å². The lowest BCUT2D eigenvalue weighted by Gasteiger charge is -2.26. The summed E-state index contributed by atoms with van der Waals surface area (Å²) < 4.78 is 39.8. The van der Waals surface area contributed by atoms with E-state index in [2.05, 4.69) is 4.74 Å². The minimum Gasteiger partial charge on any atom is -0.481 e. The highest BCUT2D eigenvalue weighted by Gasteiger charge is 2.27. The monoisotopic (exact) mass is 257 g/mol. The molecule has 0 rings (SSSR count). The summed E-state index contributed by atoms with van der Waals surface area (Å²) in [4.78, 5) is 12.3. The Labute approximate surface area is 98.3 Å². The lowest BCUT2D eigenvalue weighted by Crippen LogP contribution is -2.37. The van der Waals surface area contributed by atoms with Gasteiger partial charge in [-0.05, 0) is 13.5 Å². The van der Waals surface area contributed by atoms with Gasteiger partial charge in [0.1, 0.15) is 6.61 Å². The van der Waals surface area contributed by atoms with Gasteiger partial charge in [0.25, 0.3) is 0 Å². The number of aliphatic carboxylic acids is 1. The third kappa shape index (κ3) is 8.93. The van der Waals surface area contributed by atoms with E-state index in [1.165, 1.54) is 0 Å². The van der Waals surface area contributed by atoms with E-state index in [1.807, 2.05) is 6.92 Å². The maximum absolute atomic E-state index is 11.8. The highest BCUT2D eigenvalue weighted by Crippen LogP contribution is 2.14. The molecule has 0 bridgehead atoms. The van der Waals surface area contributed by atoms with Crippen LogP contribution in [0.15, 0.2) is 0 Å². The van der Waals surface area contributed by atoms with E-state index >= 15 is 0 Å². The van der Waals surface area contributed by atoms with Crippen LogP contribution in [0.5, 0.6) is 0 Å². The third-order valence-electron chi connectivity index (χ3n) is 2.29. The summed E-state index contributed by atoms with van der Waals surface area (Å²) in [6.45, 7) is 3.09. The van der Waals surface area contributed by atoms with Gasteiger partial charge >= 0.3 is 12.1 Å². The third-order valence-corrected chi connectivity index (χ3v) is 2.29. The molecule has 1 atom stereocenters. The largest absolute Gasteiger partial charge is 0.481 e. The maximum atomic E-state index is 11.8. The minimum absolute atomic E-state index is 0.0346. The van der Waals surface area contributed by atoms with E-state index in [-0.39, 0.29) is 19.1 Å². The molecule has 1 unspecified atom stereocenters. The molecule has 0 saturated heterocycles. The Balaban J connectivity index is 3.86. The average molecular weight is 257 g/mol. The first-order valence-corrected chi connectivity index (χ1v) is 5.36. The molecule has 17 heavy (non-hydrogen) atoms. The second-order valence-electron chi connectivity index (χ2n) is 3.74. The van der Waals surface area contributed by atoms with Gasteiger partial charge in [0.2, 0.25) is 0 Å². The molecule has 0 aliphatic heterocycles. The smallest absolute Gasteiger partial charge is 0.411 e. The molecule has 4 nitrogen and oxygen atoms in total. The van der Waals surface area contributed by atoms with E-state index in [4.69, 9.17) is 5.11 Å². The van der Waals surface area contributed by atoms with Crippen molar-refractivity contribution in [3.05, 3.63) is 0 Å². The quantitative estimate of drug-likeness (QED) is 0.673. The number of rotatable bonds is 8. The molecule has 0 saturated carbocycles. The molecule has 0 radical (unpaired) electrons. The molecule has 102 valence electrons. The summed E-state index contributed by atoms with van der Waals surface area (Å²) in [6.07, 6.45) is -4.35. The van der Waals surface area contributed by atoms with Crippen LogP contribution in [0.25, 0.3) is 0 Å². The number of carboxylic acid groups (broad SMARTS) is 1. The van der Waals surface area contributed by atoms with Gasteiger partial charge in [-0.1, -0.05) is 6.92 Å². The molecule has 0 spiro atoms. The van der Waals surface area contributed by atoms with E-state index < -0.39 is 18.8 Å². The average Bonchev–Trinajstić information content (AvgIpc) is 2.14. The number of carboxylic acids is 1. The maximum Gasteiger partial charge on any atom is 0.411 e. The van der Waals surface area contributed by atoms with Crippen molar-refractivity contribution in [1.82, 2.24) is 4.90 Å². The minimum atomic E-state index is -4.32. The highest BCUT2D eigenvalue weighted by atomic mass is 19.4. The van der Waals surface area contributed by atoms with Gasteiger partial charge in [-0.2, -0.15) is 13.2 Å². The second-order valence-corrected chi connectivity index (χ2v) is 3.74. The fourth-order valence-electron chi connectivity index (χ4n) is 1.44. The number of nitrogens with zero attached hydrogens (tertiary/aromatic N) is 1. The molecule has 0 aliphatic rings. The van der Waals surface area contributed by atoms with Gasteiger partial charge in [0.05, 0.1) is 13.0 Å². The lowest BCUT2D eigenvalue weighted by atomic mass is 10.2. The van der Waals surface area contributed by atoms with Crippen molar-refractivity contribution >= 4 is 5.97 Å². The Bertz CT molecular complexity index is 233. The molecule has 0 amide bonds. The number of alkyl halides is 3. The molecule has 0 fully saturated rings. The molecular formula is C10H18F3NO3. The van der Waals surface area contributed by atoms with Crippen LogP contribution in [0, 0.1) is 0 Å². The first-order valence-electron chi connectivity index (χ1n) is 5.36. The summed E-state index contributed by atoms with van der Waals surface area (Å²) >= 11 is 0. The van der Waals surface area contributed by atoms with Gasteiger partial charge in [0, 0.05) is 12.6 Å². The Morgan fingerprint density at radius 3 is 2.47 bits per heavy atom. The molecule has 1 N–H and O–H groups in total. The van der Waals surface area contributed by atoms with Crippen molar-refractivity contribution in [2.45, 2.75) is 32.5 Å². The topological polar surface area (TPSA) is 49.8 Å². The molecule has 0 aromatic rings. The molecule has 0 aromatic heterocycles. The number of halogens is 3. The Morgan fingerprint density at radius 2 is 2.06 bits per heavy atom. The summed E-state index contributed by atoms with van der Waals surface area (Å²) in [5.74, 6) is -0.924. The van der Waals surface area contributed by atoms with E-state index in [9.17, 15) is 18.0 Å². The molecule has 0 aliphatic carbocycles. The second kappa shape index (κ2) is 7.50. The standard InChI is InChI=1S/C10H18F3NO3/c1-3-14(8(2)6-9(15)16)4-5-17-7-10(11,12)13/h8H,3-7H2,1-2H3,(H,15,16). The molecule has 0 aromatic carbocycles. The van der Waals surface area contributed by atoms with Gasteiger partial charge in [0.15, 0.2) is 0 Å². The van der Waals surface area contributed by atoms with Crippen LogP contribution in [0.3, 0.4) is 0 Å². The Morgan fingerprint density at radius 1 is 1.47 bits per heavy atom. The fourth-order valence-corrected chi connectivity index (χ4v) is 1.44. The summed E-state index contributed by atoms with van der Waals surface area (Å²) in [5, 5.41) is 8.60. The highest BCUT2D eigenvalue weighted by molar-refractivity contribution is 5.67. The van der Waals surface area contributed by atoms with Gasteiger partial charge in [-0.3, -0.25) is 9.69 Å². The van der Waals surface area contributed by atoms with Crippen LogP contribution in [0.2, 0.25) is 0 Å². The number of likely N-dealkylation sites (N-methyl/N-ethyl adjacent to an activating group) is 1. The number of hydrogen-bond donors (Lipinski definition) is 1. The number of ether oxygens (including phenoxy) is 1. The number of hydrogen-bond acceptors (Lipinski definition) is 3. The first kappa shape index (κ1) is 16.2. The zero-order chi connectivity index (χ0) is 13.5. The molecule has 0 heterocycles. The summed E-state index contributed by atoms with van der Waals surface area (Å²) in [7, 11) is 0. The van der Waals surface area contributed by atoms with Crippen molar-refractivity contribution in [1.29, 1.82) is 0 Å². The van der Waals surface area contributed by atoms with Crippen LogP contribution in [0.4, 0.5) is 13.2 Å². The van der Waals surface area contributed by atoms with Crippen LogP contribution >= 0.6 is 0 Å². The van der Waals surface area contributed by atoms with Crippen LogP contribution in [-0.4, -0.2) is 54.5 Å². The Kier molecular flexibility index (Phi) is 7.13.